The highest BCUT2D eigenvalue weighted by atomic mass is 16.1. The van der Waals surface area contributed by atoms with Gasteiger partial charge in [0.1, 0.15) is 0 Å². The predicted molar refractivity (Wildman–Crippen MR) is 75.4 cm³/mol. The van der Waals surface area contributed by atoms with E-state index in [1.807, 2.05) is 12.1 Å². The predicted octanol–water partition coefficient (Wildman–Crippen LogP) is 2.69. The summed E-state index contributed by atoms with van der Waals surface area (Å²) in [5, 5.41) is 6.24. The molecule has 19 heavy (non-hydrogen) atoms. The number of carbonyl (C=O) groups excluding carboxylic acids is 1. The standard InChI is InChI=1S/C15H15N3O/c19-15(12-4-1-7-16-10-12)18-13-6-5-11-3-2-8-17-14(11)9-13/h1,4-7,9-10,17H,2-3,8H2,(H,18,19). The summed E-state index contributed by atoms with van der Waals surface area (Å²) in [5.41, 5.74) is 3.80. The average molecular weight is 253 g/mol. The number of benzene rings is 1. The Morgan fingerprint density at radius 3 is 3.11 bits per heavy atom. The van der Waals surface area contributed by atoms with Gasteiger partial charge >= 0.3 is 0 Å². The fourth-order valence-corrected chi connectivity index (χ4v) is 2.24. The molecule has 96 valence electrons. The molecule has 2 aromatic rings. The molecule has 0 saturated carbocycles. The van der Waals surface area contributed by atoms with Crippen LogP contribution in [0.25, 0.3) is 0 Å². The van der Waals surface area contributed by atoms with Crippen molar-refractivity contribution in [1.29, 1.82) is 0 Å². The number of pyridine rings is 1. The van der Waals surface area contributed by atoms with Crippen molar-refractivity contribution in [3.05, 3.63) is 53.9 Å². The molecule has 0 fully saturated rings. The number of carbonyl (C=O) groups is 1. The number of nitrogens with zero attached hydrogens (tertiary/aromatic N) is 1. The summed E-state index contributed by atoms with van der Waals surface area (Å²) in [6.45, 7) is 0.993. The van der Waals surface area contributed by atoms with Crippen molar-refractivity contribution in [3.63, 3.8) is 0 Å². The molecular weight excluding hydrogens is 238 g/mol. The Hall–Kier alpha value is -2.36. The molecule has 1 aliphatic heterocycles. The third-order valence-electron chi connectivity index (χ3n) is 3.23. The molecule has 0 atom stereocenters. The van der Waals surface area contributed by atoms with E-state index in [0.717, 1.165) is 30.8 Å². The minimum absolute atomic E-state index is 0.135. The lowest BCUT2D eigenvalue weighted by Gasteiger charge is -2.18. The van der Waals surface area contributed by atoms with Gasteiger partial charge in [-0.15, -0.1) is 0 Å². The molecule has 0 unspecified atom stereocenters. The van der Waals surface area contributed by atoms with Crippen molar-refractivity contribution in [2.75, 3.05) is 17.2 Å². The molecule has 3 rings (SSSR count). The molecule has 0 aliphatic carbocycles. The summed E-state index contributed by atoms with van der Waals surface area (Å²) in [6, 6.07) is 9.51. The normalized spacial score (nSPS) is 13.3. The largest absolute Gasteiger partial charge is 0.385 e. The van der Waals surface area contributed by atoms with E-state index >= 15 is 0 Å². The zero-order valence-corrected chi connectivity index (χ0v) is 10.5. The van der Waals surface area contributed by atoms with Crippen molar-refractivity contribution >= 4 is 17.3 Å². The van der Waals surface area contributed by atoms with Crippen molar-refractivity contribution < 1.29 is 4.79 Å². The van der Waals surface area contributed by atoms with Gasteiger partial charge in [0.15, 0.2) is 0 Å². The van der Waals surface area contributed by atoms with E-state index in [4.69, 9.17) is 0 Å². The van der Waals surface area contributed by atoms with E-state index in [1.54, 1.807) is 24.5 Å². The van der Waals surface area contributed by atoms with Crippen LogP contribution < -0.4 is 10.6 Å². The van der Waals surface area contributed by atoms with E-state index in [0.29, 0.717) is 5.56 Å². The molecule has 2 N–H and O–H groups in total. The Morgan fingerprint density at radius 1 is 1.32 bits per heavy atom. The van der Waals surface area contributed by atoms with Crippen molar-refractivity contribution in [1.82, 2.24) is 4.98 Å². The van der Waals surface area contributed by atoms with E-state index in [2.05, 4.69) is 21.7 Å². The summed E-state index contributed by atoms with van der Waals surface area (Å²) < 4.78 is 0. The monoisotopic (exact) mass is 253 g/mol. The Morgan fingerprint density at radius 2 is 2.26 bits per heavy atom. The molecule has 0 spiro atoms. The van der Waals surface area contributed by atoms with Gasteiger partial charge in [0.25, 0.3) is 5.91 Å². The Labute approximate surface area is 111 Å². The van der Waals surface area contributed by atoms with Gasteiger partial charge in [-0.25, -0.2) is 0 Å². The maximum Gasteiger partial charge on any atom is 0.257 e. The number of rotatable bonds is 2. The van der Waals surface area contributed by atoms with Gasteiger partial charge in [-0.1, -0.05) is 6.07 Å². The molecule has 0 radical (unpaired) electrons. The molecule has 2 heterocycles. The second-order valence-electron chi connectivity index (χ2n) is 4.60. The average Bonchev–Trinajstić information content (AvgIpc) is 2.48. The van der Waals surface area contributed by atoms with Crippen LogP contribution >= 0.6 is 0 Å². The number of amides is 1. The maximum atomic E-state index is 12.0. The first kappa shape index (κ1) is 11.7. The second-order valence-corrected chi connectivity index (χ2v) is 4.60. The highest BCUT2D eigenvalue weighted by Gasteiger charge is 2.10. The fourth-order valence-electron chi connectivity index (χ4n) is 2.24. The Bertz CT molecular complexity index is 596. The van der Waals surface area contributed by atoms with Crippen molar-refractivity contribution in [2.24, 2.45) is 0 Å². The lowest BCUT2D eigenvalue weighted by Crippen LogP contribution is -2.14. The highest BCUT2D eigenvalue weighted by Crippen LogP contribution is 2.25. The van der Waals surface area contributed by atoms with Crippen LogP contribution in [-0.2, 0) is 6.42 Å². The molecule has 1 amide bonds. The summed E-state index contributed by atoms with van der Waals surface area (Å²) in [6.07, 6.45) is 5.47. The molecule has 1 aliphatic rings. The molecule has 1 aromatic carbocycles. The molecule has 0 bridgehead atoms. The van der Waals surface area contributed by atoms with Crippen LogP contribution in [0.5, 0.6) is 0 Å². The quantitative estimate of drug-likeness (QED) is 0.865. The van der Waals surface area contributed by atoms with Crippen LogP contribution in [0.4, 0.5) is 11.4 Å². The van der Waals surface area contributed by atoms with Crippen LogP contribution in [-0.4, -0.2) is 17.4 Å². The molecular formula is C15H15N3O. The van der Waals surface area contributed by atoms with Crippen LogP contribution in [0.1, 0.15) is 22.3 Å². The minimum atomic E-state index is -0.135. The summed E-state index contributed by atoms with van der Waals surface area (Å²) in [5.74, 6) is -0.135. The van der Waals surface area contributed by atoms with Gasteiger partial charge < -0.3 is 10.6 Å². The van der Waals surface area contributed by atoms with Crippen molar-refractivity contribution in [3.8, 4) is 0 Å². The number of aromatic nitrogens is 1. The van der Waals surface area contributed by atoms with E-state index in [-0.39, 0.29) is 5.91 Å². The van der Waals surface area contributed by atoms with Crippen LogP contribution in [0, 0.1) is 0 Å². The van der Waals surface area contributed by atoms with E-state index in [9.17, 15) is 4.79 Å². The highest BCUT2D eigenvalue weighted by molar-refractivity contribution is 6.04. The summed E-state index contributed by atoms with van der Waals surface area (Å²) >= 11 is 0. The van der Waals surface area contributed by atoms with Gasteiger partial charge in [-0.05, 0) is 42.7 Å². The van der Waals surface area contributed by atoms with Gasteiger partial charge in [0, 0.05) is 30.3 Å². The number of fused-ring (bicyclic) bond motifs is 1. The summed E-state index contributed by atoms with van der Waals surface area (Å²) in [4.78, 5) is 16.0. The Kier molecular flexibility index (Phi) is 3.14. The zero-order valence-electron chi connectivity index (χ0n) is 10.5. The van der Waals surface area contributed by atoms with Crippen LogP contribution in [0.15, 0.2) is 42.7 Å². The second kappa shape index (κ2) is 5.10. The molecule has 4 nitrogen and oxygen atoms in total. The lowest BCUT2D eigenvalue weighted by molar-refractivity contribution is 0.102. The third kappa shape index (κ3) is 2.57. The van der Waals surface area contributed by atoms with Crippen LogP contribution in [0.2, 0.25) is 0 Å². The van der Waals surface area contributed by atoms with Gasteiger partial charge in [0.05, 0.1) is 5.56 Å². The molecule has 4 heteroatoms. The van der Waals surface area contributed by atoms with Gasteiger partial charge in [-0.3, -0.25) is 9.78 Å². The minimum Gasteiger partial charge on any atom is -0.385 e. The number of nitrogens with one attached hydrogen (secondary N) is 2. The first-order chi connectivity index (χ1) is 9.33. The third-order valence-corrected chi connectivity index (χ3v) is 3.23. The maximum absolute atomic E-state index is 12.0. The molecule has 0 saturated heterocycles. The number of hydrogen-bond acceptors (Lipinski definition) is 3. The number of hydrogen-bond donors (Lipinski definition) is 2. The Balaban J connectivity index is 1.78. The van der Waals surface area contributed by atoms with E-state index in [1.165, 1.54) is 5.56 Å². The SMILES string of the molecule is O=C(Nc1ccc2c(c1)NCCC2)c1cccnc1. The van der Waals surface area contributed by atoms with Gasteiger partial charge in [0.2, 0.25) is 0 Å². The lowest BCUT2D eigenvalue weighted by atomic mass is 10.0. The molecule has 1 aromatic heterocycles. The zero-order chi connectivity index (χ0) is 13.1. The van der Waals surface area contributed by atoms with Gasteiger partial charge in [-0.2, -0.15) is 0 Å². The summed E-state index contributed by atoms with van der Waals surface area (Å²) in [7, 11) is 0. The first-order valence-corrected chi connectivity index (χ1v) is 6.41. The van der Waals surface area contributed by atoms with Crippen LogP contribution in [0.3, 0.4) is 0 Å². The first-order valence-electron chi connectivity index (χ1n) is 6.41. The smallest absolute Gasteiger partial charge is 0.257 e. The number of anilines is 2. The topological polar surface area (TPSA) is 54.0 Å². The fraction of sp³-hybridized carbons (Fsp3) is 0.200. The van der Waals surface area contributed by atoms with E-state index < -0.39 is 0 Å². The van der Waals surface area contributed by atoms with Crippen molar-refractivity contribution in [2.45, 2.75) is 12.8 Å². The number of aryl methyl sites for hydroxylation is 1.